The van der Waals surface area contributed by atoms with Crippen LogP contribution in [0.1, 0.15) is 10.4 Å². The molecule has 0 spiro atoms. The highest BCUT2D eigenvalue weighted by atomic mass is 16.1. The van der Waals surface area contributed by atoms with Gasteiger partial charge in [0.15, 0.2) is 0 Å². The normalized spacial score (nSPS) is 10.4. The summed E-state index contributed by atoms with van der Waals surface area (Å²) in [6.07, 6.45) is 4.95. The standard InChI is InChI=1S/C16H15N5O/c1-21-15(17)14(10-19-21)16(22)20-13-4-2-11(3-5-13)12-6-8-18-9-7-12/h2-10H,17H2,1H3,(H,20,22). The number of hydrogen-bond acceptors (Lipinski definition) is 4. The minimum absolute atomic E-state index is 0.276. The van der Waals surface area contributed by atoms with Crippen molar-refractivity contribution in [1.29, 1.82) is 0 Å². The van der Waals surface area contributed by atoms with Gasteiger partial charge in [0.25, 0.3) is 5.91 Å². The molecule has 0 aliphatic heterocycles. The van der Waals surface area contributed by atoms with Gasteiger partial charge in [-0.3, -0.25) is 14.5 Å². The molecule has 0 fully saturated rings. The Morgan fingerprint density at radius 1 is 1.09 bits per heavy atom. The number of hydrogen-bond donors (Lipinski definition) is 2. The van der Waals surface area contributed by atoms with Crippen molar-refractivity contribution < 1.29 is 4.79 Å². The van der Waals surface area contributed by atoms with Crippen LogP contribution in [0.5, 0.6) is 0 Å². The van der Waals surface area contributed by atoms with E-state index < -0.39 is 0 Å². The fourth-order valence-electron chi connectivity index (χ4n) is 2.11. The number of anilines is 2. The Balaban J connectivity index is 1.77. The highest BCUT2D eigenvalue weighted by molar-refractivity contribution is 6.07. The lowest BCUT2D eigenvalue weighted by Crippen LogP contribution is -2.13. The Hall–Kier alpha value is -3.15. The molecule has 3 rings (SSSR count). The van der Waals surface area contributed by atoms with E-state index in [2.05, 4.69) is 15.4 Å². The molecule has 6 heteroatoms. The number of nitrogens with one attached hydrogen (secondary N) is 1. The van der Waals surface area contributed by atoms with Crippen molar-refractivity contribution in [3.8, 4) is 11.1 Å². The van der Waals surface area contributed by atoms with E-state index in [1.54, 1.807) is 19.4 Å². The molecule has 0 unspecified atom stereocenters. The van der Waals surface area contributed by atoms with Crippen LogP contribution in [0.15, 0.2) is 55.0 Å². The number of pyridine rings is 1. The number of nitrogen functional groups attached to an aromatic ring is 1. The molecule has 0 aliphatic carbocycles. The first kappa shape index (κ1) is 13.8. The van der Waals surface area contributed by atoms with Crippen molar-refractivity contribution in [1.82, 2.24) is 14.8 Å². The van der Waals surface area contributed by atoms with Crippen LogP contribution in [-0.4, -0.2) is 20.7 Å². The van der Waals surface area contributed by atoms with Gasteiger partial charge < -0.3 is 11.1 Å². The first-order chi connectivity index (χ1) is 10.6. The van der Waals surface area contributed by atoms with Gasteiger partial charge in [0.1, 0.15) is 11.4 Å². The minimum Gasteiger partial charge on any atom is -0.383 e. The zero-order valence-corrected chi connectivity index (χ0v) is 12.0. The van der Waals surface area contributed by atoms with Gasteiger partial charge >= 0.3 is 0 Å². The summed E-state index contributed by atoms with van der Waals surface area (Å²) in [5.74, 6) is 0.0631. The SMILES string of the molecule is Cn1ncc(C(=O)Nc2ccc(-c3ccncc3)cc2)c1N. The summed E-state index contributed by atoms with van der Waals surface area (Å²) in [5.41, 5.74) is 8.98. The molecule has 0 saturated heterocycles. The van der Waals surface area contributed by atoms with E-state index in [9.17, 15) is 4.79 Å². The predicted molar refractivity (Wildman–Crippen MR) is 85.2 cm³/mol. The van der Waals surface area contributed by atoms with Crippen LogP contribution in [0, 0.1) is 0 Å². The van der Waals surface area contributed by atoms with Gasteiger partial charge in [0.05, 0.1) is 6.20 Å². The third-order valence-corrected chi connectivity index (χ3v) is 3.39. The molecule has 1 amide bonds. The molecule has 3 N–H and O–H groups in total. The van der Waals surface area contributed by atoms with Gasteiger partial charge in [-0.1, -0.05) is 12.1 Å². The molecule has 0 atom stereocenters. The second-order valence-electron chi connectivity index (χ2n) is 4.83. The van der Waals surface area contributed by atoms with Gasteiger partial charge in [-0.05, 0) is 35.4 Å². The lowest BCUT2D eigenvalue weighted by Gasteiger charge is -2.06. The molecule has 0 bridgehead atoms. The number of nitrogens with zero attached hydrogens (tertiary/aromatic N) is 3. The first-order valence-electron chi connectivity index (χ1n) is 6.74. The van der Waals surface area contributed by atoms with Gasteiger partial charge in [-0.25, -0.2) is 0 Å². The molecule has 1 aromatic carbocycles. The number of carbonyl (C=O) groups is 1. The summed E-state index contributed by atoms with van der Waals surface area (Å²) in [5, 5.41) is 6.76. The van der Waals surface area contributed by atoms with Crippen LogP contribution in [0.2, 0.25) is 0 Å². The lowest BCUT2D eigenvalue weighted by atomic mass is 10.1. The number of carbonyl (C=O) groups excluding carboxylic acids is 1. The topological polar surface area (TPSA) is 85.8 Å². The molecule has 3 aromatic rings. The number of rotatable bonds is 3. The third-order valence-electron chi connectivity index (χ3n) is 3.39. The third kappa shape index (κ3) is 2.67. The molecule has 110 valence electrons. The second-order valence-corrected chi connectivity index (χ2v) is 4.83. The maximum absolute atomic E-state index is 12.2. The summed E-state index contributed by atoms with van der Waals surface area (Å²) in [6, 6.07) is 11.4. The Morgan fingerprint density at radius 3 is 2.32 bits per heavy atom. The second kappa shape index (κ2) is 5.69. The molecule has 22 heavy (non-hydrogen) atoms. The smallest absolute Gasteiger partial charge is 0.261 e. The minimum atomic E-state index is -0.276. The summed E-state index contributed by atoms with van der Waals surface area (Å²) < 4.78 is 1.46. The average molecular weight is 293 g/mol. The van der Waals surface area contributed by atoms with Crippen molar-refractivity contribution in [3.05, 3.63) is 60.6 Å². The van der Waals surface area contributed by atoms with Crippen LogP contribution in [0.25, 0.3) is 11.1 Å². The largest absolute Gasteiger partial charge is 0.383 e. The number of aryl methyl sites for hydroxylation is 1. The average Bonchev–Trinajstić information content (AvgIpc) is 2.88. The van der Waals surface area contributed by atoms with E-state index in [1.165, 1.54) is 10.9 Å². The summed E-state index contributed by atoms with van der Waals surface area (Å²) in [7, 11) is 1.69. The zero-order chi connectivity index (χ0) is 15.5. The number of amides is 1. The molecule has 2 heterocycles. The summed E-state index contributed by atoms with van der Waals surface area (Å²) in [4.78, 5) is 16.1. The Labute approximate surface area is 127 Å². The number of aromatic nitrogens is 3. The summed E-state index contributed by atoms with van der Waals surface area (Å²) in [6.45, 7) is 0. The van der Waals surface area contributed by atoms with Crippen molar-refractivity contribution in [3.63, 3.8) is 0 Å². The van der Waals surface area contributed by atoms with Gasteiger partial charge in [0.2, 0.25) is 0 Å². The van der Waals surface area contributed by atoms with Crippen LogP contribution in [0.4, 0.5) is 11.5 Å². The number of nitrogens with two attached hydrogens (primary N) is 1. The van der Waals surface area contributed by atoms with Crippen molar-refractivity contribution in [2.45, 2.75) is 0 Å². The van der Waals surface area contributed by atoms with E-state index in [-0.39, 0.29) is 5.91 Å². The van der Waals surface area contributed by atoms with Crippen molar-refractivity contribution in [2.75, 3.05) is 11.1 Å². The van der Waals surface area contributed by atoms with E-state index in [1.807, 2.05) is 36.4 Å². The highest BCUT2D eigenvalue weighted by Crippen LogP contribution is 2.21. The lowest BCUT2D eigenvalue weighted by molar-refractivity contribution is 0.102. The maximum atomic E-state index is 12.2. The highest BCUT2D eigenvalue weighted by Gasteiger charge is 2.13. The van der Waals surface area contributed by atoms with E-state index >= 15 is 0 Å². The van der Waals surface area contributed by atoms with E-state index in [0.717, 1.165) is 11.1 Å². The van der Waals surface area contributed by atoms with E-state index in [4.69, 9.17) is 5.73 Å². The molecule has 0 aliphatic rings. The predicted octanol–water partition coefficient (Wildman–Crippen LogP) is 2.32. The molecular formula is C16H15N5O. The Bertz CT molecular complexity index is 793. The van der Waals surface area contributed by atoms with Crippen LogP contribution >= 0.6 is 0 Å². The van der Waals surface area contributed by atoms with Crippen molar-refractivity contribution >= 4 is 17.4 Å². The van der Waals surface area contributed by atoms with Gasteiger partial charge in [-0.2, -0.15) is 5.10 Å². The molecule has 2 aromatic heterocycles. The molecule has 6 nitrogen and oxygen atoms in total. The fraction of sp³-hybridized carbons (Fsp3) is 0.0625. The first-order valence-corrected chi connectivity index (χ1v) is 6.74. The van der Waals surface area contributed by atoms with E-state index in [0.29, 0.717) is 17.1 Å². The van der Waals surface area contributed by atoms with Crippen LogP contribution < -0.4 is 11.1 Å². The Morgan fingerprint density at radius 2 is 1.73 bits per heavy atom. The fourth-order valence-corrected chi connectivity index (χ4v) is 2.11. The summed E-state index contributed by atoms with van der Waals surface area (Å²) >= 11 is 0. The Kier molecular flexibility index (Phi) is 3.57. The van der Waals surface area contributed by atoms with Gasteiger partial charge in [0, 0.05) is 25.1 Å². The zero-order valence-electron chi connectivity index (χ0n) is 12.0. The molecule has 0 radical (unpaired) electrons. The number of benzene rings is 1. The monoisotopic (exact) mass is 293 g/mol. The van der Waals surface area contributed by atoms with Crippen LogP contribution in [0.3, 0.4) is 0 Å². The van der Waals surface area contributed by atoms with Crippen molar-refractivity contribution in [2.24, 2.45) is 7.05 Å². The van der Waals surface area contributed by atoms with Gasteiger partial charge in [-0.15, -0.1) is 0 Å². The molecular weight excluding hydrogens is 278 g/mol. The quantitative estimate of drug-likeness (QED) is 0.776. The maximum Gasteiger partial charge on any atom is 0.261 e. The molecule has 0 saturated carbocycles. The van der Waals surface area contributed by atoms with Crippen LogP contribution in [-0.2, 0) is 7.05 Å².